The molecule has 0 bridgehead atoms. The Morgan fingerprint density at radius 1 is 1.23 bits per heavy atom. The highest BCUT2D eigenvalue weighted by molar-refractivity contribution is 6.03. The first kappa shape index (κ1) is 15.9. The van der Waals surface area contributed by atoms with Gasteiger partial charge in [-0.3, -0.25) is 9.59 Å². The van der Waals surface area contributed by atoms with Crippen LogP contribution in [0.3, 0.4) is 0 Å². The molecule has 1 aromatic carbocycles. The molecule has 2 aromatic rings. The summed E-state index contributed by atoms with van der Waals surface area (Å²) in [5.41, 5.74) is 8.39. The van der Waals surface area contributed by atoms with E-state index in [1.165, 1.54) is 6.42 Å². The van der Waals surface area contributed by atoms with E-state index in [-0.39, 0.29) is 29.4 Å². The minimum atomic E-state index is -0.0762. The fourth-order valence-electron chi connectivity index (χ4n) is 4.84. The van der Waals surface area contributed by atoms with Crippen LogP contribution in [0.1, 0.15) is 59.4 Å². The van der Waals surface area contributed by atoms with Gasteiger partial charge in [-0.15, -0.1) is 0 Å². The second-order valence-electron chi connectivity index (χ2n) is 8.07. The van der Waals surface area contributed by atoms with Gasteiger partial charge in [0, 0.05) is 29.6 Å². The van der Waals surface area contributed by atoms with Gasteiger partial charge < -0.3 is 20.9 Å². The molecule has 0 saturated heterocycles. The number of carbonyl (C=O) groups is 2. The van der Waals surface area contributed by atoms with Crippen molar-refractivity contribution in [2.45, 2.75) is 56.1 Å². The molecule has 4 N–H and O–H groups in total. The molecule has 2 amide bonds. The highest BCUT2D eigenvalue weighted by Gasteiger charge is 2.44. The van der Waals surface area contributed by atoms with Crippen molar-refractivity contribution < 1.29 is 9.59 Å². The zero-order valence-electron chi connectivity index (χ0n) is 14.8. The summed E-state index contributed by atoms with van der Waals surface area (Å²) in [6.07, 6.45) is 6.28. The minimum absolute atomic E-state index is 0.0199. The Morgan fingerprint density at radius 2 is 2.08 bits per heavy atom. The van der Waals surface area contributed by atoms with Crippen molar-refractivity contribution in [2.75, 3.05) is 6.54 Å². The zero-order chi connectivity index (χ0) is 17.9. The van der Waals surface area contributed by atoms with Crippen molar-refractivity contribution in [2.24, 2.45) is 5.73 Å². The Labute approximate surface area is 152 Å². The molecule has 2 saturated carbocycles. The predicted octanol–water partition coefficient (Wildman–Crippen LogP) is 1.87. The van der Waals surface area contributed by atoms with E-state index in [9.17, 15) is 9.59 Å². The molecule has 2 atom stereocenters. The monoisotopic (exact) mass is 352 g/mol. The number of amides is 2. The van der Waals surface area contributed by atoms with Crippen LogP contribution in [0.2, 0.25) is 0 Å². The van der Waals surface area contributed by atoms with Crippen molar-refractivity contribution in [1.29, 1.82) is 0 Å². The molecule has 2 aliphatic carbocycles. The summed E-state index contributed by atoms with van der Waals surface area (Å²) in [7, 11) is 0. The molecular formula is C20H24N4O2. The number of benzene rings is 1. The fourth-order valence-corrected chi connectivity index (χ4v) is 4.84. The molecule has 1 spiro atoms. The summed E-state index contributed by atoms with van der Waals surface area (Å²) in [5.74, 6) is -0.102. The van der Waals surface area contributed by atoms with Crippen LogP contribution in [0, 0.1) is 0 Å². The lowest BCUT2D eigenvalue weighted by molar-refractivity contribution is 0.0763. The van der Waals surface area contributed by atoms with E-state index in [4.69, 9.17) is 5.73 Å². The van der Waals surface area contributed by atoms with Gasteiger partial charge in [0.05, 0.1) is 11.1 Å². The highest BCUT2D eigenvalue weighted by atomic mass is 16.2. The average molecular weight is 352 g/mol. The van der Waals surface area contributed by atoms with Crippen molar-refractivity contribution in [3.05, 3.63) is 35.5 Å². The molecule has 136 valence electrons. The van der Waals surface area contributed by atoms with Crippen LogP contribution < -0.4 is 16.4 Å². The van der Waals surface area contributed by atoms with E-state index in [1.807, 2.05) is 24.3 Å². The van der Waals surface area contributed by atoms with Gasteiger partial charge in [-0.2, -0.15) is 0 Å². The number of nitrogens with two attached hydrogens (primary N) is 1. The standard InChI is InChI=1S/C20H24N4O2/c21-14-3-1-4-15(14)23-18(25)13-6-5-12-9-17-19(26)22-11-20(7-2-8-20)24(17)16(12)10-13/h5-6,9-10,14-15H,1-4,7-8,11,21H2,(H,22,26)(H,23,25). The first-order valence-corrected chi connectivity index (χ1v) is 9.58. The molecule has 0 radical (unpaired) electrons. The molecule has 6 heteroatoms. The highest BCUT2D eigenvalue weighted by Crippen LogP contribution is 2.44. The third-order valence-corrected chi connectivity index (χ3v) is 6.52. The van der Waals surface area contributed by atoms with Crippen LogP contribution in [-0.4, -0.2) is 35.0 Å². The van der Waals surface area contributed by atoms with E-state index in [2.05, 4.69) is 15.2 Å². The molecular weight excluding hydrogens is 328 g/mol. The van der Waals surface area contributed by atoms with Crippen LogP contribution in [-0.2, 0) is 5.54 Å². The molecule has 6 nitrogen and oxygen atoms in total. The third-order valence-electron chi connectivity index (χ3n) is 6.52. The second-order valence-corrected chi connectivity index (χ2v) is 8.07. The number of fused-ring (bicyclic) bond motifs is 4. The second kappa shape index (κ2) is 5.58. The Hall–Kier alpha value is -2.34. The van der Waals surface area contributed by atoms with Gasteiger partial charge in [0.25, 0.3) is 11.8 Å². The van der Waals surface area contributed by atoms with Gasteiger partial charge in [-0.25, -0.2) is 0 Å². The van der Waals surface area contributed by atoms with E-state index < -0.39 is 0 Å². The van der Waals surface area contributed by atoms with Gasteiger partial charge in [0.15, 0.2) is 0 Å². The molecule has 2 fully saturated rings. The van der Waals surface area contributed by atoms with E-state index >= 15 is 0 Å². The summed E-state index contributed by atoms with van der Waals surface area (Å²) < 4.78 is 2.18. The van der Waals surface area contributed by atoms with Crippen LogP contribution in [0.4, 0.5) is 0 Å². The topological polar surface area (TPSA) is 89.2 Å². The maximum Gasteiger partial charge on any atom is 0.268 e. The van der Waals surface area contributed by atoms with E-state index in [0.717, 1.165) is 43.0 Å². The number of nitrogens with one attached hydrogen (secondary N) is 2. The number of hydrogen-bond donors (Lipinski definition) is 3. The number of carbonyl (C=O) groups excluding carboxylic acids is 2. The van der Waals surface area contributed by atoms with Crippen molar-refractivity contribution in [3.63, 3.8) is 0 Å². The molecule has 5 rings (SSSR count). The quantitative estimate of drug-likeness (QED) is 0.771. The molecule has 2 heterocycles. The first-order valence-electron chi connectivity index (χ1n) is 9.58. The number of rotatable bonds is 2. The molecule has 1 aliphatic heterocycles. The average Bonchev–Trinajstić information content (AvgIpc) is 3.18. The van der Waals surface area contributed by atoms with E-state index in [0.29, 0.717) is 17.8 Å². The Bertz CT molecular complexity index is 912. The predicted molar refractivity (Wildman–Crippen MR) is 99.2 cm³/mol. The largest absolute Gasteiger partial charge is 0.348 e. The van der Waals surface area contributed by atoms with Gasteiger partial charge >= 0.3 is 0 Å². The van der Waals surface area contributed by atoms with Crippen LogP contribution in [0.5, 0.6) is 0 Å². The lowest BCUT2D eigenvalue weighted by Crippen LogP contribution is -2.55. The van der Waals surface area contributed by atoms with Crippen molar-refractivity contribution in [1.82, 2.24) is 15.2 Å². The van der Waals surface area contributed by atoms with Crippen molar-refractivity contribution >= 4 is 22.7 Å². The maximum absolute atomic E-state index is 12.7. The lowest BCUT2D eigenvalue weighted by Gasteiger charge is -2.47. The fraction of sp³-hybridized carbons (Fsp3) is 0.500. The molecule has 26 heavy (non-hydrogen) atoms. The Kier molecular flexibility index (Phi) is 3.41. The van der Waals surface area contributed by atoms with Gasteiger partial charge in [-0.1, -0.05) is 6.07 Å². The van der Waals surface area contributed by atoms with Gasteiger partial charge in [0.2, 0.25) is 0 Å². The maximum atomic E-state index is 12.7. The minimum Gasteiger partial charge on any atom is -0.348 e. The van der Waals surface area contributed by atoms with Crippen LogP contribution >= 0.6 is 0 Å². The molecule has 3 aliphatic rings. The van der Waals surface area contributed by atoms with Crippen LogP contribution in [0.15, 0.2) is 24.3 Å². The summed E-state index contributed by atoms with van der Waals surface area (Å²) >= 11 is 0. The summed E-state index contributed by atoms with van der Waals surface area (Å²) in [6, 6.07) is 7.78. The number of nitrogens with zero attached hydrogens (tertiary/aromatic N) is 1. The van der Waals surface area contributed by atoms with E-state index in [1.54, 1.807) is 0 Å². The summed E-state index contributed by atoms with van der Waals surface area (Å²) in [4.78, 5) is 25.1. The summed E-state index contributed by atoms with van der Waals surface area (Å²) in [5, 5.41) is 7.13. The SMILES string of the molecule is NC1CCCC1NC(=O)c1ccc2cc3n(c2c1)C1(CCC1)CNC3=O. The van der Waals surface area contributed by atoms with Crippen molar-refractivity contribution in [3.8, 4) is 0 Å². The lowest BCUT2D eigenvalue weighted by atomic mass is 9.75. The van der Waals surface area contributed by atoms with Gasteiger partial charge in [0.1, 0.15) is 5.69 Å². The first-order chi connectivity index (χ1) is 12.6. The molecule has 1 aromatic heterocycles. The normalized spacial score (nSPS) is 26.4. The Balaban J connectivity index is 1.54. The number of aromatic nitrogens is 1. The number of hydrogen-bond acceptors (Lipinski definition) is 3. The Morgan fingerprint density at radius 3 is 2.77 bits per heavy atom. The zero-order valence-corrected chi connectivity index (χ0v) is 14.8. The smallest absolute Gasteiger partial charge is 0.268 e. The molecule has 2 unspecified atom stereocenters. The van der Waals surface area contributed by atoms with Crippen LogP contribution in [0.25, 0.3) is 10.9 Å². The third kappa shape index (κ3) is 2.21. The van der Waals surface area contributed by atoms with Gasteiger partial charge in [-0.05, 0) is 56.7 Å². The summed E-state index contributed by atoms with van der Waals surface area (Å²) in [6.45, 7) is 0.677.